The quantitative estimate of drug-likeness (QED) is 0.463. The molecule has 4 heterocycles. The zero-order valence-electron chi connectivity index (χ0n) is 22.7. The molecule has 9 nitrogen and oxygen atoms in total. The van der Waals surface area contributed by atoms with Crippen LogP contribution in [0.4, 0.5) is 17.5 Å². The number of nitrogens with zero attached hydrogens (tertiary/aromatic N) is 5. The van der Waals surface area contributed by atoms with E-state index >= 15 is 0 Å². The SMILES string of the molecule is Cc1c(C#CCOC2CCCC2)c(=O)n(C2CCCC2)c2nc(Nc3ccc(N4CCNCC4)cn3)ncc12. The van der Waals surface area contributed by atoms with Gasteiger partial charge in [-0.2, -0.15) is 4.98 Å². The van der Waals surface area contributed by atoms with Gasteiger partial charge in [0.15, 0.2) is 0 Å². The van der Waals surface area contributed by atoms with E-state index in [1.54, 1.807) is 6.20 Å². The molecule has 9 heteroatoms. The van der Waals surface area contributed by atoms with Crippen molar-refractivity contribution in [2.24, 2.45) is 0 Å². The number of aryl methyl sites for hydroxylation is 1. The van der Waals surface area contributed by atoms with Crippen LogP contribution in [0.15, 0.2) is 29.3 Å². The van der Waals surface area contributed by atoms with E-state index in [1.807, 2.05) is 23.8 Å². The molecule has 0 atom stereocenters. The van der Waals surface area contributed by atoms with Crippen LogP contribution in [0.3, 0.4) is 0 Å². The lowest BCUT2D eigenvalue weighted by Crippen LogP contribution is -2.43. The average Bonchev–Trinajstić information content (AvgIpc) is 3.69. The summed E-state index contributed by atoms with van der Waals surface area (Å²) in [4.78, 5) is 30.2. The minimum atomic E-state index is -0.0663. The van der Waals surface area contributed by atoms with Crippen molar-refractivity contribution in [3.05, 3.63) is 46.0 Å². The van der Waals surface area contributed by atoms with Crippen LogP contribution in [0, 0.1) is 18.8 Å². The van der Waals surface area contributed by atoms with Crippen molar-refractivity contribution in [1.29, 1.82) is 0 Å². The fourth-order valence-electron chi connectivity index (χ4n) is 6.07. The third-order valence-electron chi connectivity index (χ3n) is 8.28. The van der Waals surface area contributed by atoms with Crippen LogP contribution < -0.4 is 21.1 Å². The Morgan fingerprint density at radius 3 is 2.56 bits per heavy atom. The van der Waals surface area contributed by atoms with E-state index in [2.05, 4.69) is 43.4 Å². The monoisotopic (exact) mass is 527 g/mol. The Morgan fingerprint density at radius 2 is 1.82 bits per heavy atom. The predicted octanol–water partition coefficient (Wildman–Crippen LogP) is 4.07. The average molecular weight is 528 g/mol. The van der Waals surface area contributed by atoms with Crippen molar-refractivity contribution in [2.45, 2.75) is 70.4 Å². The van der Waals surface area contributed by atoms with Crippen LogP contribution in [0.1, 0.15) is 68.5 Å². The molecular formula is C30H37N7O2. The summed E-state index contributed by atoms with van der Waals surface area (Å²) in [6.45, 7) is 6.20. The number of fused-ring (bicyclic) bond motifs is 1. The van der Waals surface area contributed by atoms with Gasteiger partial charge < -0.3 is 20.3 Å². The molecule has 3 aromatic heterocycles. The van der Waals surface area contributed by atoms with E-state index < -0.39 is 0 Å². The van der Waals surface area contributed by atoms with E-state index in [9.17, 15) is 4.79 Å². The molecule has 3 fully saturated rings. The molecule has 3 aliphatic rings. The summed E-state index contributed by atoms with van der Waals surface area (Å²) in [6.07, 6.45) is 12.8. The summed E-state index contributed by atoms with van der Waals surface area (Å²) in [5, 5.41) is 7.47. The van der Waals surface area contributed by atoms with Gasteiger partial charge in [-0.25, -0.2) is 9.97 Å². The van der Waals surface area contributed by atoms with E-state index in [0.717, 1.165) is 81.3 Å². The van der Waals surface area contributed by atoms with Crippen molar-refractivity contribution in [1.82, 2.24) is 24.8 Å². The molecule has 2 N–H and O–H groups in total. The highest BCUT2D eigenvalue weighted by Gasteiger charge is 2.24. The predicted molar refractivity (Wildman–Crippen MR) is 154 cm³/mol. The lowest BCUT2D eigenvalue weighted by atomic mass is 10.1. The van der Waals surface area contributed by atoms with Gasteiger partial charge in [0, 0.05) is 43.8 Å². The molecule has 204 valence electrons. The van der Waals surface area contributed by atoms with Crippen LogP contribution in [-0.4, -0.2) is 58.4 Å². The summed E-state index contributed by atoms with van der Waals surface area (Å²) in [5.74, 6) is 7.36. The molecular weight excluding hydrogens is 490 g/mol. The fraction of sp³-hybridized carbons (Fsp3) is 0.533. The summed E-state index contributed by atoms with van der Waals surface area (Å²) in [7, 11) is 0. The normalized spacial score (nSPS) is 18.4. The van der Waals surface area contributed by atoms with Crippen molar-refractivity contribution in [3.8, 4) is 11.8 Å². The van der Waals surface area contributed by atoms with E-state index in [1.165, 1.54) is 12.8 Å². The summed E-state index contributed by atoms with van der Waals surface area (Å²) in [6, 6.07) is 4.14. The van der Waals surface area contributed by atoms with Gasteiger partial charge in [-0.05, 0) is 50.3 Å². The maximum absolute atomic E-state index is 13.8. The number of nitrogens with one attached hydrogen (secondary N) is 2. The molecule has 6 rings (SSSR count). The highest BCUT2D eigenvalue weighted by Crippen LogP contribution is 2.32. The van der Waals surface area contributed by atoms with Crippen LogP contribution in [-0.2, 0) is 4.74 Å². The third-order valence-corrected chi connectivity index (χ3v) is 8.28. The molecule has 0 aromatic carbocycles. The highest BCUT2D eigenvalue weighted by atomic mass is 16.5. The van der Waals surface area contributed by atoms with Crippen molar-refractivity contribution in [3.63, 3.8) is 0 Å². The van der Waals surface area contributed by atoms with Crippen LogP contribution in [0.5, 0.6) is 0 Å². The minimum Gasteiger partial charge on any atom is -0.368 e. The largest absolute Gasteiger partial charge is 0.368 e. The van der Waals surface area contributed by atoms with Gasteiger partial charge in [-0.3, -0.25) is 9.36 Å². The Labute approximate surface area is 229 Å². The fourth-order valence-corrected chi connectivity index (χ4v) is 6.07. The van der Waals surface area contributed by atoms with Gasteiger partial charge in [0.05, 0.1) is 23.6 Å². The number of ether oxygens (including phenoxy) is 1. The second-order valence-corrected chi connectivity index (χ2v) is 10.8. The molecule has 2 saturated carbocycles. The lowest BCUT2D eigenvalue weighted by Gasteiger charge is -2.29. The molecule has 0 amide bonds. The van der Waals surface area contributed by atoms with Crippen LogP contribution in [0.25, 0.3) is 11.0 Å². The van der Waals surface area contributed by atoms with Crippen molar-refractivity contribution in [2.75, 3.05) is 43.0 Å². The molecule has 1 saturated heterocycles. The topological polar surface area (TPSA) is 97.2 Å². The Morgan fingerprint density at radius 1 is 1.05 bits per heavy atom. The Bertz CT molecular complexity index is 1420. The zero-order chi connectivity index (χ0) is 26.6. The molecule has 39 heavy (non-hydrogen) atoms. The summed E-state index contributed by atoms with van der Waals surface area (Å²) < 4.78 is 7.78. The summed E-state index contributed by atoms with van der Waals surface area (Å²) >= 11 is 0. The van der Waals surface area contributed by atoms with Crippen molar-refractivity contribution >= 4 is 28.5 Å². The Balaban J connectivity index is 1.29. The van der Waals surface area contributed by atoms with Gasteiger partial charge in [0.1, 0.15) is 18.1 Å². The van der Waals surface area contributed by atoms with Crippen LogP contribution >= 0.6 is 0 Å². The number of anilines is 3. The molecule has 0 spiro atoms. The second-order valence-electron chi connectivity index (χ2n) is 10.8. The third kappa shape index (κ3) is 5.63. The molecule has 0 unspecified atom stereocenters. The van der Waals surface area contributed by atoms with Crippen molar-refractivity contribution < 1.29 is 4.74 Å². The first kappa shape index (κ1) is 25.8. The highest BCUT2D eigenvalue weighted by molar-refractivity contribution is 5.82. The first-order chi connectivity index (χ1) is 19.2. The van der Waals surface area contributed by atoms with E-state index in [4.69, 9.17) is 9.72 Å². The van der Waals surface area contributed by atoms with E-state index in [-0.39, 0.29) is 11.6 Å². The minimum absolute atomic E-state index is 0.0663. The second kappa shape index (κ2) is 11.7. The standard InChI is InChI=1S/C30H37N7O2/c1-21-25(11-6-18-39-24-9-4-5-10-24)29(38)37(22-7-2-3-8-22)28-26(21)20-33-30(35-28)34-27-13-12-23(19-32-27)36-16-14-31-15-17-36/h12-13,19-20,22,24,31H,2-5,7-10,14-18H2,1H3,(H,32,33,34,35). The van der Waals surface area contributed by atoms with Gasteiger partial charge >= 0.3 is 0 Å². The first-order valence-electron chi connectivity index (χ1n) is 14.4. The smallest absolute Gasteiger partial charge is 0.268 e. The molecule has 3 aromatic rings. The maximum atomic E-state index is 13.8. The van der Waals surface area contributed by atoms with Gasteiger partial charge in [0.2, 0.25) is 5.95 Å². The number of aromatic nitrogens is 4. The van der Waals surface area contributed by atoms with E-state index in [0.29, 0.717) is 35.7 Å². The molecule has 2 aliphatic carbocycles. The number of piperazine rings is 1. The summed E-state index contributed by atoms with van der Waals surface area (Å²) in [5.41, 5.74) is 3.05. The Kier molecular flexibility index (Phi) is 7.75. The molecule has 0 bridgehead atoms. The van der Waals surface area contributed by atoms with Gasteiger partial charge in [0.25, 0.3) is 5.56 Å². The number of hydrogen-bond donors (Lipinski definition) is 2. The van der Waals surface area contributed by atoms with Gasteiger partial charge in [-0.1, -0.05) is 37.5 Å². The number of rotatable bonds is 6. The molecule has 1 aliphatic heterocycles. The number of pyridine rings is 2. The Hall–Kier alpha value is -3.48. The molecule has 0 radical (unpaired) electrons. The lowest BCUT2D eigenvalue weighted by molar-refractivity contribution is 0.0837. The maximum Gasteiger partial charge on any atom is 0.268 e. The van der Waals surface area contributed by atoms with Gasteiger partial charge in [-0.15, -0.1) is 0 Å². The number of hydrogen-bond acceptors (Lipinski definition) is 8. The first-order valence-corrected chi connectivity index (χ1v) is 14.4. The zero-order valence-corrected chi connectivity index (χ0v) is 22.7. The van der Waals surface area contributed by atoms with Crippen LogP contribution in [0.2, 0.25) is 0 Å².